The molecular weight excluding hydrogens is 547 g/mol. The topological polar surface area (TPSA) is 79.9 Å². The Labute approximate surface area is 246 Å². The Morgan fingerprint density at radius 2 is 1.67 bits per heavy atom. The van der Waals surface area contributed by atoms with Gasteiger partial charge in [-0.3, -0.25) is 9.59 Å². The van der Waals surface area contributed by atoms with Crippen molar-refractivity contribution in [1.82, 2.24) is 10.2 Å². The van der Waals surface area contributed by atoms with Crippen LogP contribution in [-0.2, 0) is 20.7 Å². The number of carbonyl (C=O) groups excluding carboxylic acids is 2. The van der Waals surface area contributed by atoms with Gasteiger partial charge in [-0.1, -0.05) is 62.4 Å². The van der Waals surface area contributed by atoms with Crippen LogP contribution < -0.4 is 15.4 Å². The molecule has 42 heavy (non-hydrogen) atoms. The molecule has 0 spiro atoms. The zero-order valence-corrected chi connectivity index (χ0v) is 24.0. The third-order valence-electron chi connectivity index (χ3n) is 8.11. The molecule has 2 atom stereocenters. The number of aryl methyl sites for hydroxylation is 1. The normalized spacial score (nSPS) is 17.7. The van der Waals surface area contributed by atoms with E-state index in [2.05, 4.69) is 15.4 Å². The van der Waals surface area contributed by atoms with Gasteiger partial charge in [0.15, 0.2) is 0 Å². The molecule has 10 heteroatoms. The largest absolute Gasteiger partial charge is 0.573 e. The Balaban J connectivity index is 1.42. The van der Waals surface area contributed by atoms with E-state index in [9.17, 15) is 22.8 Å². The Kier molecular flexibility index (Phi) is 11.9. The SMILES string of the molecule is O=C(N[C@@H](CCc1ccccc1)CNc1ccc(OC(F)(F)F)cc1)[C@H](CC(=O)N1CCOCC1)CC1CCCCC1. The van der Waals surface area contributed by atoms with Crippen molar-refractivity contribution in [3.8, 4) is 5.75 Å². The fourth-order valence-corrected chi connectivity index (χ4v) is 5.81. The maximum absolute atomic E-state index is 13.8. The molecule has 1 heterocycles. The Hall–Kier alpha value is -3.27. The first-order chi connectivity index (χ1) is 20.2. The number of rotatable bonds is 13. The summed E-state index contributed by atoms with van der Waals surface area (Å²) in [6, 6.07) is 15.3. The highest BCUT2D eigenvalue weighted by Gasteiger charge is 2.31. The number of anilines is 1. The number of halogens is 3. The monoisotopic (exact) mass is 589 g/mol. The van der Waals surface area contributed by atoms with E-state index in [-0.39, 0.29) is 30.0 Å². The van der Waals surface area contributed by atoms with Gasteiger partial charge in [0.1, 0.15) is 5.75 Å². The van der Waals surface area contributed by atoms with Crippen molar-refractivity contribution >= 4 is 17.5 Å². The van der Waals surface area contributed by atoms with Gasteiger partial charge in [-0.2, -0.15) is 0 Å². The summed E-state index contributed by atoms with van der Waals surface area (Å²) < 4.78 is 47.0. The van der Waals surface area contributed by atoms with E-state index >= 15 is 0 Å². The molecule has 2 fully saturated rings. The standard InChI is InChI=1S/C32H42F3N3O4/c33-32(34,35)42-29-15-13-27(14-16-29)36-23-28(12-11-24-7-3-1-4-8-24)37-31(40)26(21-25-9-5-2-6-10-25)22-30(39)38-17-19-41-20-18-38/h1,3-4,7-8,13-16,25-26,28,36H,2,5-6,9-12,17-23H2,(H,37,40)/t26-,28-/m0/s1. The third kappa shape index (κ3) is 10.9. The van der Waals surface area contributed by atoms with Gasteiger partial charge in [-0.15, -0.1) is 13.2 Å². The summed E-state index contributed by atoms with van der Waals surface area (Å²) in [6.45, 7) is 2.51. The number of morpholine rings is 1. The zero-order valence-electron chi connectivity index (χ0n) is 24.0. The minimum absolute atomic E-state index is 0.00520. The third-order valence-corrected chi connectivity index (χ3v) is 8.11. The van der Waals surface area contributed by atoms with Gasteiger partial charge >= 0.3 is 6.36 Å². The Morgan fingerprint density at radius 3 is 2.33 bits per heavy atom. The van der Waals surface area contributed by atoms with Crippen molar-refractivity contribution in [2.24, 2.45) is 11.8 Å². The van der Waals surface area contributed by atoms with E-state index in [0.717, 1.165) is 37.7 Å². The van der Waals surface area contributed by atoms with Crippen LogP contribution in [-0.4, -0.2) is 62.0 Å². The van der Waals surface area contributed by atoms with Crippen molar-refractivity contribution in [1.29, 1.82) is 0 Å². The molecule has 7 nitrogen and oxygen atoms in total. The molecule has 0 bridgehead atoms. The van der Waals surface area contributed by atoms with Gasteiger partial charge in [-0.25, -0.2) is 0 Å². The minimum atomic E-state index is -4.75. The number of benzene rings is 2. The number of alkyl halides is 3. The smallest absolute Gasteiger partial charge is 0.406 e. The number of carbonyl (C=O) groups is 2. The summed E-state index contributed by atoms with van der Waals surface area (Å²) >= 11 is 0. The van der Waals surface area contributed by atoms with Crippen molar-refractivity contribution in [2.45, 2.75) is 70.2 Å². The predicted octanol–water partition coefficient (Wildman–Crippen LogP) is 5.95. The number of hydrogen-bond donors (Lipinski definition) is 2. The number of amides is 2. The van der Waals surface area contributed by atoms with Crippen molar-refractivity contribution < 1.29 is 32.2 Å². The van der Waals surface area contributed by atoms with Crippen molar-refractivity contribution in [3.05, 3.63) is 60.2 Å². The lowest BCUT2D eigenvalue weighted by molar-refractivity contribution is -0.274. The van der Waals surface area contributed by atoms with Crippen LogP contribution in [0.1, 0.15) is 56.9 Å². The maximum atomic E-state index is 13.8. The molecule has 0 aromatic heterocycles. The van der Waals surface area contributed by atoms with E-state index < -0.39 is 12.3 Å². The maximum Gasteiger partial charge on any atom is 0.573 e. The lowest BCUT2D eigenvalue weighted by Crippen LogP contribution is -2.46. The Bertz CT molecular complexity index is 1100. The fourth-order valence-electron chi connectivity index (χ4n) is 5.81. The number of nitrogens with one attached hydrogen (secondary N) is 2. The van der Waals surface area contributed by atoms with E-state index in [4.69, 9.17) is 4.74 Å². The van der Waals surface area contributed by atoms with Crippen LogP contribution in [0.5, 0.6) is 5.75 Å². The second-order valence-corrected chi connectivity index (χ2v) is 11.3. The number of hydrogen-bond acceptors (Lipinski definition) is 5. The molecule has 1 aliphatic heterocycles. The average Bonchev–Trinajstić information content (AvgIpc) is 2.99. The molecular formula is C32H42F3N3O4. The minimum Gasteiger partial charge on any atom is -0.406 e. The lowest BCUT2D eigenvalue weighted by Gasteiger charge is -2.31. The van der Waals surface area contributed by atoms with Gasteiger partial charge in [0, 0.05) is 43.7 Å². The van der Waals surface area contributed by atoms with Crippen LogP contribution in [0.15, 0.2) is 54.6 Å². The number of nitrogens with zero attached hydrogens (tertiary/aromatic N) is 1. The molecule has 1 saturated heterocycles. The van der Waals surface area contributed by atoms with Crippen LogP contribution in [0.4, 0.5) is 18.9 Å². The summed E-state index contributed by atoms with van der Waals surface area (Å²) in [4.78, 5) is 28.8. The van der Waals surface area contributed by atoms with Crippen LogP contribution in [0.3, 0.4) is 0 Å². The highest BCUT2D eigenvalue weighted by Crippen LogP contribution is 2.31. The van der Waals surface area contributed by atoms with E-state index in [1.807, 2.05) is 30.3 Å². The Morgan fingerprint density at radius 1 is 0.976 bits per heavy atom. The quantitative estimate of drug-likeness (QED) is 0.302. The number of ether oxygens (including phenoxy) is 2. The van der Waals surface area contributed by atoms with Gasteiger partial charge in [0.25, 0.3) is 0 Å². The summed E-state index contributed by atoms with van der Waals surface area (Å²) in [5.41, 5.74) is 1.76. The van der Waals surface area contributed by atoms with Crippen LogP contribution in [0, 0.1) is 11.8 Å². The van der Waals surface area contributed by atoms with Gasteiger partial charge in [-0.05, 0) is 55.0 Å². The van der Waals surface area contributed by atoms with E-state index in [1.165, 1.54) is 30.7 Å². The van der Waals surface area contributed by atoms with E-state index in [0.29, 0.717) is 57.3 Å². The molecule has 2 amide bonds. The fraction of sp³-hybridized carbons (Fsp3) is 0.562. The molecule has 0 unspecified atom stereocenters. The molecule has 1 saturated carbocycles. The molecule has 4 rings (SSSR count). The molecule has 2 aromatic carbocycles. The van der Waals surface area contributed by atoms with Gasteiger partial charge in [0.2, 0.25) is 11.8 Å². The summed E-state index contributed by atoms with van der Waals surface area (Å²) in [6.07, 6.45) is 3.24. The first kappa shape index (κ1) is 31.7. The second kappa shape index (κ2) is 15.8. The molecule has 2 N–H and O–H groups in total. The second-order valence-electron chi connectivity index (χ2n) is 11.3. The summed E-state index contributed by atoms with van der Waals surface area (Å²) in [5.74, 6) is -0.394. The predicted molar refractivity (Wildman–Crippen MR) is 155 cm³/mol. The van der Waals surface area contributed by atoms with E-state index in [1.54, 1.807) is 4.90 Å². The average molecular weight is 590 g/mol. The molecule has 0 radical (unpaired) electrons. The molecule has 1 aliphatic carbocycles. The van der Waals surface area contributed by atoms with Crippen molar-refractivity contribution in [3.63, 3.8) is 0 Å². The highest BCUT2D eigenvalue weighted by atomic mass is 19.4. The van der Waals surface area contributed by atoms with Crippen LogP contribution in [0.2, 0.25) is 0 Å². The lowest BCUT2D eigenvalue weighted by atomic mass is 9.81. The first-order valence-electron chi connectivity index (χ1n) is 15.0. The van der Waals surface area contributed by atoms with Crippen LogP contribution in [0.25, 0.3) is 0 Å². The summed E-state index contributed by atoms with van der Waals surface area (Å²) in [5, 5.41) is 6.48. The van der Waals surface area contributed by atoms with Crippen molar-refractivity contribution in [2.75, 3.05) is 38.2 Å². The molecule has 2 aromatic rings. The first-order valence-corrected chi connectivity index (χ1v) is 15.0. The van der Waals surface area contributed by atoms with Crippen LogP contribution >= 0.6 is 0 Å². The zero-order chi connectivity index (χ0) is 29.8. The highest BCUT2D eigenvalue weighted by molar-refractivity contribution is 5.86. The molecule has 2 aliphatic rings. The van der Waals surface area contributed by atoms with Gasteiger partial charge in [0.05, 0.1) is 13.2 Å². The summed E-state index contributed by atoms with van der Waals surface area (Å²) in [7, 11) is 0. The molecule has 230 valence electrons. The van der Waals surface area contributed by atoms with Gasteiger partial charge < -0.3 is 25.0 Å².